The fourth-order valence-corrected chi connectivity index (χ4v) is 1.99. The molecule has 6 nitrogen and oxygen atoms in total. The third-order valence-electron chi connectivity index (χ3n) is 3.02. The maximum atomic E-state index is 12.3. The molecule has 0 saturated heterocycles. The van der Waals surface area contributed by atoms with Gasteiger partial charge >= 0.3 is 5.97 Å². The monoisotopic (exact) mass is 295 g/mol. The van der Waals surface area contributed by atoms with Crippen LogP contribution in [-0.4, -0.2) is 55.8 Å². The largest absolute Gasteiger partial charge is 0.481 e. The summed E-state index contributed by atoms with van der Waals surface area (Å²) in [4.78, 5) is 24.4. The van der Waals surface area contributed by atoms with Gasteiger partial charge in [0.15, 0.2) is 6.61 Å². The zero-order valence-electron chi connectivity index (χ0n) is 12.8. The van der Waals surface area contributed by atoms with Gasteiger partial charge in [0.05, 0.1) is 6.61 Å². The van der Waals surface area contributed by atoms with E-state index in [1.807, 2.05) is 0 Å². The van der Waals surface area contributed by atoms with E-state index in [-0.39, 0.29) is 5.91 Å². The summed E-state index contributed by atoms with van der Waals surface area (Å²) in [6.07, 6.45) is 0. The lowest BCUT2D eigenvalue weighted by Gasteiger charge is -2.18. The first-order chi connectivity index (χ1) is 9.86. The molecule has 0 spiro atoms. The van der Waals surface area contributed by atoms with Crippen LogP contribution >= 0.6 is 0 Å². The Labute approximate surface area is 124 Å². The standard InChI is InChI=1S/C15H21NO5/c1-10-7-12(15(19)16(3)5-6-20-4)8-11(2)14(10)21-9-13(17)18/h7-8H,5-6,9H2,1-4H3,(H,17,18). The van der Waals surface area contributed by atoms with Crippen LogP contribution in [0.5, 0.6) is 5.75 Å². The number of rotatable bonds is 7. The van der Waals surface area contributed by atoms with Crippen molar-refractivity contribution in [3.63, 3.8) is 0 Å². The second kappa shape index (κ2) is 7.64. The molecule has 0 radical (unpaired) electrons. The van der Waals surface area contributed by atoms with Crippen molar-refractivity contribution in [1.29, 1.82) is 0 Å². The number of amides is 1. The number of nitrogens with zero attached hydrogens (tertiary/aromatic N) is 1. The van der Waals surface area contributed by atoms with Crippen molar-refractivity contribution in [3.8, 4) is 5.75 Å². The van der Waals surface area contributed by atoms with Gasteiger partial charge in [-0.1, -0.05) is 0 Å². The van der Waals surface area contributed by atoms with Crippen molar-refractivity contribution < 1.29 is 24.2 Å². The number of hydrogen-bond donors (Lipinski definition) is 1. The number of aryl methyl sites for hydroxylation is 2. The van der Waals surface area contributed by atoms with Gasteiger partial charge in [-0.05, 0) is 37.1 Å². The Balaban J connectivity index is 2.91. The number of carboxylic acids is 1. The highest BCUT2D eigenvalue weighted by Crippen LogP contribution is 2.25. The van der Waals surface area contributed by atoms with Gasteiger partial charge < -0.3 is 19.5 Å². The smallest absolute Gasteiger partial charge is 0.341 e. The summed E-state index contributed by atoms with van der Waals surface area (Å²) in [5.41, 5.74) is 2.02. The highest BCUT2D eigenvalue weighted by Gasteiger charge is 2.15. The molecule has 0 heterocycles. The molecule has 116 valence electrons. The van der Waals surface area contributed by atoms with E-state index < -0.39 is 12.6 Å². The molecule has 0 aliphatic carbocycles. The Morgan fingerprint density at radius 3 is 2.29 bits per heavy atom. The van der Waals surface area contributed by atoms with Gasteiger partial charge in [0.2, 0.25) is 0 Å². The lowest BCUT2D eigenvalue weighted by molar-refractivity contribution is -0.139. The normalized spacial score (nSPS) is 10.3. The SMILES string of the molecule is COCCN(C)C(=O)c1cc(C)c(OCC(=O)O)c(C)c1. The number of carboxylic acid groups (broad SMARTS) is 1. The van der Waals surface area contributed by atoms with E-state index >= 15 is 0 Å². The van der Waals surface area contributed by atoms with Crippen LogP contribution in [0.1, 0.15) is 21.5 Å². The van der Waals surface area contributed by atoms with E-state index in [4.69, 9.17) is 14.6 Å². The highest BCUT2D eigenvalue weighted by molar-refractivity contribution is 5.94. The molecule has 21 heavy (non-hydrogen) atoms. The molecule has 0 unspecified atom stereocenters. The predicted molar refractivity (Wildman–Crippen MR) is 77.9 cm³/mol. The molecule has 0 atom stereocenters. The third kappa shape index (κ3) is 4.75. The molecule has 0 aliphatic heterocycles. The molecule has 1 N–H and O–H groups in total. The zero-order valence-corrected chi connectivity index (χ0v) is 12.8. The Bertz CT molecular complexity index is 504. The molecule has 1 aromatic rings. The van der Waals surface area contributed by atoms with Crippen LogP contribution in [0.25, 0.3) is 0 Å². The number of hydrogen-bond acceptors (Lipinski definition) is 4. The van der Waals surface area contributed by atoms with Gasteiger partial charge in [0.25, 0.3) is 5.91 Å². The van der Waals surface area contributed by atoms with Crippen molar-refractivity contribution in [1.82, 2.24) is 4.90 Å². The number of methoxy groups -OCH3 is 1. The van der Waals surface area contributed by atoms with Crippen molar-refractivity contribution in [2.75, 3.05) is 33.9 Å². The molecule has 0 aliphatic rings. The average molecular weight is 295 g/mol. The van der Waals surface area contributed by atoms with E-state index in [2.05, 4.69) is 0 Å². The molecule has 0 fully saturated rings. The third-order valence-corrected chi connectivity index (χ3v) is 3.02. The molecule has 1 rings (SSSR count). The lowest BCUT2D eigenvalue weighted by atomic mass is 10.0. The van der Waals surface area contributed by atoms with Gasteiger partial charge in [0.1, 0.15) is 5.75 Å². The van der Waals surface area contributed by atoms with Gasteiger partial charge in [0, 0.05) is 26.3 Å². The second-order valence-corrected chi connectivity index (χ2v) is 4.84. The van der Waals surface area contributed by atoms with Crippen LogP contribution < -0.4 is 4.74 Å². The Hall–Kier alpha value is -2.08. The van der Waals surface area contributed by atoms with Crippen molar-refractivity contribution in [3.05, 3.63) is 28.8 Å². The first kappa shape index (κ1) is 17.0. The van der Waals surface area contributed by atoms with Crippen LogP contribution in [0.15, 0.2) is 12.1 Å². The van der Waals surface area contributed by atoms with Crippen LogP contribution in [0, 0.1) is 13.8 Å². The quantitative estimate of drug-likeness (QED) is 0.824. The molecule has 0 aromatic heterocycles. The summed E-state index contributed by atoms with van der Waals surface area (Å²) < 4.78 is 10.2. The van der Waals surface area contributed by atoms with Gasteiger partial charge in [-0.15, -0.1) is 0 Å². The average Bonchev–Trinajstić information content (AvgIpc) is 2.42. The molecule has 1 amide bonds. The van der Waals surface area contributed by atoms with E-state index in [1.54, 1.807) is 45.0 Å². The van der Waals surface area contributed by atoms with E-state index in [1.165, 1.54) is 0 Å². The van der Waals surface area contributed by atoms with Gasteiger partial charge in [-0.3, -0.25) is 4.79 Å². The minimum absolute atomic E-state index is 0.108. The van der Waals surface area contributed by atoms with Gasteiger partial charge in [-0.25, -0.2) is 4.79 Å². The molecule has 0 saturated carbocycles. The summed E-state index contributed by atoms with van der Waals surface area (Å²) in [7, 11) is 3.29. The topological polar surface area (TPSA) is 76.1 Å². The Morgan fingerprint density at radius 2 is 1.81 bits per heavy atom. The summed E-state index contributed by atoms with van der Waals surface area (Å²) in [6.45, 7) is 4.15. The first-order valence-electron chi connectivity index (χ1n) is 6.57. The lowest BCUT2D eigenvalue weighted by Crippen LogP contribution is -2.30. The molecule has 6 heteroatoms. The summed E-state index contributed by atoms with van der Waals surface area (Å²) in [6, 6.07) is 3.41. The molecule has 1 aromatic carbocycles. The molecular weight excluding hydrogens is 274 g/mol. The van der Waals surface area contributed by atoms with Crippen molar-refractivity contribution in [2.24, 2.45) is 0 Å². The second-order valence-electron chi connectivity index (χ2n) is 4.84. The van der Waals surface area contributed by atoms with Crippen molar-refractivity contribution in [2.45, 2.75) is 13.8 Å². The summed E-state index contributed by atoms with van der Waals surface area (Å²) >= 11 is 0. The minimum atomic E-state index is -1.03. The molecule has 0 bridgehead atoms. The van der Waals surface area contributed by atoms with E-state index in [0.717, 1.165) is 11.1 Å². The van der Waals surface area contributed by atoms with Crippen LogP contribution in [0.4, 0.5) is 0 Å². The summed E-state index contributed by atoms with van der Waals surface area (Å²) in [5, 5.41) is 8.66. The Kier molecular flexibility index (Phi) is 6.17. The number of carbonyl (C=O) groups excluding carboxylic acids is 1. The Morgan fingerprint density at radius 1 is 1.24 bits per heavy atom. The van der Waals surface area contributed by atoms with Crippen LogP contribution in [0.2, 0.25) is 0 Å². The zero-order chi connectivity index (χ0) is 16.0. The highest BCUT2D eigenvalue weighted by atomic mass is 16.5. The van der Waals surface area contributed by atoms with E-state index in [0.29, 0.717) is 24.5 Å². The predicted octanol–water partition coefficient (Wildman–Crippen LogP) is 1.49. The first-order valence-corrected chi connectivity index (χ1v) is 6.57. The number of benzene rings is 1. The fourth-order valence-electron chi connectivity index (χ4n) is 1.99. The van der Waals surface area contributed by atoms with Crippen LogP contribution in [-0.2, 0) is 9.53 Å². The number of carbonyl (C=O) groups is 2. The number of aliphatic carboxylic acids is 1. The van der Waals surface area contributed by atoms with Crippen molar-refractivity contribution >= 4 is 11.9 Å². The van der Waals surface area contributed by atoms with E-state index in [9.17, 15) is 9.59 Å². The van der Waals surface area contributed by atoms with Crippen LogP contribution in [0.3, 0.4) is 0 Å². The maximum Gasteiger partial charge on any atom is 0.341 e. The minimum Gasteiger partial charge on any atom is -0.481 e. The fraction of sp³-hybridized carbons (Fsp3) is 0.467. The summed E-state index contributed by atoms with van der Waals surface area (Å²) in [5.74, 6) is -0.634. The van der Waals surface area contributed by atoms with Gasteiger partial charge in [-0.2, -0.15) is 0 Å². The number of ether oxygens (including phenoxy) is 2. The maximum absolute atomic E-state index is 12.3. The number of likely N-dealkylation sites (N-methyl/N-ethyl adjacent to an activating group) is 1. The molecular formula is C15H21NO5.